The maximum atomic E-state index is 14.1. The second-order valence-corrected chi connectivity index (χ2v) is 13.0. The summed E-state index contributed by atoms with van der Waals surface area (Å²) >= 11 is 0. The van der Waals surface area contributed by atoms with Crippen molar-refractivity contribution in [2.24, 2.45) is 7.05 Å². The molecule has 3 aromatic carbocycles. The summed E-state index contributed by atoms with van der Waals surface area (Å²) in [5.74, 6) is -0.300. The Balaban J connectivity index is 1.43. The highest BCUT2D eigenvalue weighted by atomic mass is 32.2. The normalized spacial score (nSPS) is 16.1. The summed E-state index contributed by atoms with van der Waals surface area (Å²) in [6, 6.07) is 18.2. The van der Waals surface area contributed by atoms with E-state index in [4.69, 9.17) is 24.1 Å². The predicted octanol–water partition coefficient (Wildman–Crippen LogP) is 5.12. The van der Waals surface area contributed by atoms with Gasteiger partial charge in [0.05, 0.1) is 19.1 Å². The minimum Gasteiger partial charge on any atom is -0.493 e. The number of aryl methyl sites for hydroxylation is 2. The van der Waals surface area contributed by atoms with Gasteiger partial charge in [-0.05, 0) is 85.7 Å². The van der Waals surface area contributed by atoms with Crippen LogP contribution >= 0.6 is 0 Å². The highest BCUT2D eigenvalue weighted by Crippen LogP contribution is 2.34. The Morgan fingerprint density at radius 3 is 2.52 bits per heavy atom. The number of ether oxygens (including phenoxy) is 4. The molecule has 244 valence electrons. The molecule has 0 spiro atoms. The molecule has 0 aliphatic carbocycles. The Morgan fingerprint density at radius 1 is 0.978 bits per heavy atom. The molecule has 1 saturated heterocycles. The fourth-order valence-electron chi connectivity index (χ4n) is 5.85. The smallest absolute Gasteiger partial charge is 0.341 e. The van der Waals surface area contributed by atoms with E-state index in [0.29, 0.717) is 60.3 Å². The number of hydrogen-bond acceptors (Lipinski definition) is 8. The van der Waals surface area contributed by atoms with Crippen LogP contribution in [0.4, 0.5) is 0 Å². The molecule has 12 heteroatoms. The summed E-state index contributed by atoms with van der Waals surface area (Å²) in [6.07, 6.45) is 3.50. The van der Waals surface area contributed by atoms with E-state index in [9.17, 15) is 18.0 Å². The number of piperidine rings is 1. The van der Waals surface area contributed by atoms with Gasteiger partial charge in [-0.3, -0.25) is 4.79 Å². The first-order valence-corrected chi connectivity index (χ1v) is 16.5. The van der Waals surface area contributed by atoms with Crippen LogP contribution in [0.2, 0.25) is 0 Å². The lowest BCUT2D eigenvalue weighted by Gasteiger charge is -2.34. The number of methoxy groups -OCH3 is 2. The van der Waals surface area contributed by atoms with Crippen molar-refractivity contribution in [3.63, 3.8) is 0 Å². The minimum atomic E-state index is -4.04. The fraction of sp³-hybridized carbons (Fsp3) is 0.353. The molecular formula is C34H38N2O9S. The van der Waals surface area contributed by atoms with E-state index in [-0.39, 0.29) is 11.4 Å². The molecule has 11 nitrogen and oxygen atoms in total. The van der Waals surface area contributed by atoms with Gasteiger partial charge in [0, 0.05) is 30.7 Å². The van der Waals surface area contributed by atoms with Gasteiger partial charge in [-0.2, -0.15) is 4.31 Å². The first-order valence-electron chi connectivity index (χ1n) is 15.0. The third kappa shape index (κ3) is 7.13. The number of benzene rings is 3. The van der Waals surface area contributed by atoms with Crippen LogP contribution in [0.1, 0.15) is 42.9 Å². The van der Waals surface area contributed by atoms with Gasteiger partial charge in [0.1, 0.15) is 17.9 Å². The average molecular weight is 651 g/mol. The van der Waals surface area contributed by atoms with E-state index in [2.05, 4.69) is 0 Å². The van der Waals surface area contributed by atoms with Gasteiger partial charge in [0.25, 0.3) is 0 Å². The Labute approximate surface area is 268 Å². The zero-order valence-corrected chi connectivity index (χ0v) is 26.9. The van der Waals surface area contributed by atoms with Gasteiger partial charge in [-0.15, -0.1) is 0 Å². The minimum absolute atomic E-state index is 0.151. The second kappa shape index (κ2) is 14.3. The second-order valence-electron chi connectivity index (χ2n) is 11.2. The molecule has 0 saturated carbocycles. The molecule has 1 unspecified atom stereocenters. The average Bonchev–Trinajstić information content (AvgIpc) is 3.45. The number of aliphatic carboxylic acids is 1. The molecule has 1 fully saturated rings. The number of aromatic nitrogens is 1. The van der Waals surface area contributed by atoms with Gasteiger partial charge < -0.3 is 28.6 Å². The maximum absolute atomic E-state index is 14.1. The monoisotopic (exact) mass is 650 g/mol. The molecule has 1 aromatic heterocycles. The molecule has 46 heavy (non-hydrogen) atoms. The molecule has 0 bridgehead atoms. The van der Waals surface area contributed by atoms with E-state index in [1.807, 2.05) is 36.0 Å². The molecule has 0 amide bonds. The van der Waals surface area contributed by atoms with E-state index in [0.717, 1.165) is 11.1 Å². The molecule has 0 radical (unpaired) electrons. The van der Waals surface area contributed by atoms with Gasteiger partial charge in [0.2, 0.25) is 10.0 Å². The van der Waals surface area contributed by atoms with Crippen molar-refractivity contribution in [2.75, 3.05) is 27.4 Å². The quantitative estimate of drug-likeness (QED) is 0.196. The third-order valence-electron chi connectivity index (χ3n) is 8.19. The topological polar surface area (TPSA) is 134 Å². The molecule has 2 atom stereocenters. The van der Waals surface area contributed by atoms with Crippen molar-refractivity contribution < 1.29 is 42.1 Å². The Morgan fingerprint density at radius 2 is 1.76 bits per heavy atom. The van der Waals surface area contributed by atoms with Crippen molar-refractivity contribution in [3.8, 4) is 17.2 Å². The standard InChI is InChI=1S/C34H38N2O9S/c1-35-19-17-26-27(35)11-7-12-32(26)46(40,41)36-18-5-4-10-28(36)34(39)45-29(24-8-6-9-25(21-24)44-22-33(37)38)15-13-23-14-16-30(42-2)31(20-23)43-3/h6-9,11-12,14,16-17,19-21,28-29H,4-5,10,13,15,18,22H2,1-3H3,(H,37,38)/t28?,29-/m1/s1. The number of carboxylic acid groups (broad SMARTS) is 1. The van der Waals surface area contributed by atoms with Crippen molar-refractivity contribution in [3.05, 3.63) is 84.1 Å². The number of carbonyl (C=O) groups is 2. The van der Waals surface area contributed by atoms with Crippen LogP contribution in [0.3, 0.4) is 0 Å². The number of hydrogen-bond donors (Lipinski definition) is 1. The molecule has 5 rings (SSSR count). The lowest BCUT2D eigenvalue weighted by Crippen LogP contribution is -2.48. The summed E-state index contributed by atoms with van der Waals surface area (Å²) in [7, 11) is 0.917. The van der Waals surface area contributed by atoms with E-state index in [1.54, 1.807) is 62.8 Å². The number of rotatable bonds is 13. The largest absolute Gasteiger partial charge is 0.493 e. The number of sulfonamides is 1. The number of carboxylic acids is 1. The first-order chi connectivity index (χ1) is 22.1. The van der Waals surface area contributed by atoms with Crippen molar-refractivity contribution in [2.45, 2.75) is 49.1 Å². The number of carbonyl (C=O) groups excluding carboxylic acids is 1. The number of nitrogens with zero attached hydrogens (tertiary/aromatic N) is 2. The summed E-state index contributed by atoms with van der Waals surface area (Å²) < 4.78 is 53.7. The fourth-order valence-corrected chi connectivity index (χ4v) is 7.70. The van der Waals surface area contributed by atoms with Crippen LogP contribution in [0.15, 0.2) is 77.8 Å². The highest BCUT2D eigenvalue weighted by molar-refractivity contribution is 7.89. The zero-order valence-electron chi connectivity index (χ0n) is 26.0. The van der Waals surface area contributed by atoms with Crippen LogP contribution in [0, 0.1) is 0 Å². The summed E-state index contributed by atoms with van der Waals surface area (Å²) in [4.78, 5) is 25.2. The van der Waals surface area contributed by atoms with E-state index in [1.165, 1.54) is 4.31 Å². The van der Waals surface area contributed by atoms with Crippen LogP contribution in [-0.4, -0.2) is 67.7 Å². The number of fused-ring (bicyclic) bond motifs is 1. The summed E-state index contributed by atoms with van der Waals surface area (Å²) in [5.41, 5.74) is 2.28. The maximum Gasteiger partial charge on any atom is 0.341 e. The molecule has 1 aliphatic rings. The Kier molecular flexibility index (Phi) is 10.2. The van der Waals surface area contributed by atoms with Gasteiger partial charge in [-0.1, -0.05) is 24.3 Å². The number of esters is 1. The molecule has 1 aliphatic heterocycles. The van der Waals surface area contributed by atoms with Gasteiger partial charge >= 0.3 is 11.9 Å². The van der Waals surface area contributed by atoms with E-state index >= 15 is 0 Å². The van der Waals surface area contributed by atoms with Gasteiger partial charge in [-0.25, -0.2) is 13.2 Å². The predicted molar refractivity (Wildman–Crippen MR) is 171 cm³/mol. The molecule has 1 N–H and O–H groups in total. The lowest BCUT2D eigenvalue weighted by atomic mass is 10.00. The molecule has 4 aromatic rings. The van der Waals surface area contributed by atoms with Gasteiger partial charge in [0.15, 0.2) is 18.1 Å². The highest BCUT2D eigenvalue weighted by Gasteiger charge is 2.40. The van der Waals surface area contributed by atoms with Crippen LogP contribution < -0.4 is 14.2 Å². The Bertz CT molecular complexity index is 1820. The SMILES string of the molecule is COc1ccc(CC[C@@H](OC(=O)C2CCCCN2S(=O)(=O)c2cccc3c2ccn3C)c2cccc(OCC(=O)O)c2)cc1OC. The molecule has 2 heterocycles. The summed E-state index contributed by atoms with van der Waals surface area (Å²) in [6.45, 7) is -0.331. The van der Waals surface area contributed by atoms with Crippen LogP contribution in [0.25, 0.3) is 10.9 Å². The van der Waals surface area contributed by atoms with Crippen molar-refractivity contribution in [1.82, 2.24) is 8.87 Å². The zero-order chi connectivity index (χ0) is 32.8. The van der Waals surface area contributed by atoms with Crippen LogP contribution in [-0.2, 0) is 37.8 Å². The van der Waals surface area contributed by atoms with Crippen LogP contribution in [0.5, 0.6) is 17.2 Å². The first kappa shape index (κ1) is 32.8. The van der Waals surface area contributed by atoms with Crippen molar-refractivity contribution >= 4 is 32.9 Å². The Hall–Kier alpha value is -4.55. The molecular weight excluding hydrogens is 612 g/mol. The lowest BCUT2D eigenvalue weighted by molar-refractivity contribution is -0.155. The third-order valence-corrected chi connectivity index (χ3v) is 10.2. The van der Waals surface area contributed by atoms with E-state index < -0.39 is 40.7 Å². The summed E-state index contributed by atoms with van der Waals surface area (Å²) in [5, 5.41) is 9.66. The van der Waals surface area contributed by atoms with Crippen molar-refractivity contribution in [1.29, 1.82) is 0 Å².